The quantitative estimate of drug-likeness (QED) is 0.780. The van der Waals surface area contributed by atoms with Crippen molar-refractivity contribution in [2.75, 3.05) is 46.5 Å². The summed E-state index contributed by atoms with van der Waals surface area (Å²) < 4.78 is 16.2. The van der Waals surface area contributed by atoms with Crippen LogP contribution in [0, 0.1) is 0 Å². The molecule has 1 saturated heterocycles. The molecule has 1 unspecified atom stereocenters. The molecule has 0 bridgehead atoms. The summed E-state index contributed by atoms with van der Waals surface area (Å²) in [5.74, 6) is -1.15. The average molecular weight is 398 g/mol. The maximum atomic E-state index is 12.9. The molecule has 152 valence electrons. The highest BCUT2D eigenvalue weighted by molar-refractivity contribution is 6.28. The number of benzene rings is 1. The number of allylic oxidation sites excluding steroid dienone is 2. The van der Waals surface area contributed by atoms with E-state index in [-0.39, 0.29) is 28.5 Å². The first-order valence-electron chi connectivity index (χ1n) is 9.52. The minimum Gasteiger partial charge on any atom is -0.455 e. The summed E-state index contributed by atoms with van der Waals surface area (Å²) >= 11 is 0. The number of hydrogen-bond acceptors (Lipinski definition) is 7. The van der Waals surface area contributed by atoms with E-state index in [1.807, 2.05) is 0 Å². The lowest BCUT2D eigenvalue weighted by Gasteiger charge is -2.30. The Labute approximate surface area is 168 Å². The minimum atomic E-state index is -1.11. The van der Waals surface area contributed by atoms with Crippen LogP contribution in [-0.4, -0.2) is 75.2 Å². The molecule has 2 heterocycles. The smallest absolute Gasteiger partial charge is 0.286 e. The van der Waals surface area contributed by atoms with Gasteiger partial charge in [-0.1, -0.05) is 24.3 Å². The highest BCUT2D eigenvalue weighted by atomic mass is 16.7. The number of carbonyl (C=O) groups excluding carboxylic acids is 3. The van der Waals surface area contributed by atoms with E-state index in [9.17, 15) is 14.4 Å². The Morgan fingerprint density at radius 3 is 2.55 bits per heavy atom. The third-order valence-corrected chi connectivity index (χ3v) is 5.20. The maximum absolute atomic E-state index is 12.9. The van der Waals surface area contributed by atoms with Crippen molar-refractivity contribution in [3.63, 3.8) is 0 Å². The monoisotopic (exact) mass is 398 g/mol. The van der Waals surface area contributed by atoms with Crippen LogP contribution < -0.4 is 5.32 Å². The van der Waals surface area contributed by atoms with Gasteiger partial charge in [0.05, 0.1) is 18.8 Å². The molecule has 0 aromatic heterocycles. The van der Waals surface area contributed by atoms with Crippen molar-refractivity contribution in [3.8, 4) is 0 Å². The summed E-state index contributed by atoms with van der Waals surface area (Å²) in [6.07, 6.45) is 0.227. The van der Waals surface area contributed by atoms with Crippen LogP contribution in [0.2, 0.25) is 0 Å². The van der Waals surface area contributed by atoms with Crippen LogP contribution in [0.4, 0.5) is 0 Å². The summed E-state index contributed by atoms with van der Waals surface area (Å²) in [6.45, 7) is 4.15. The van der Waals surface area contributed by atoms with Crippen molar-refractivity contribution in [1.82, 2.24) is 10.2 Å². The summed E-state index contributed by atoms with van der Waals surface area (Å²) in [4.78, 5) is 40.6. The zero-order chi connectivity index (χ0) is 20.4. The lowest BCUT2D eigenvalue weighted by molar-refractivity contribution is -0.128. The highest BCUT2D eigenvalue weighted by Gasteiger charge is 2.40. The molecule has 29 heavy (non-hydrogen) atoms. The zero-order valence-corrected chi connectivity index (χ0v) is 16.1. The SMILES string of the molecule is COC1OC(C(=O)NCCN2CCOCC2)=CC2=C1C(=O)c1ccccc1C2=O. The van der Waals surface area contributed by atoms with E-state index in [1.54, 1.807) is 24.3 Å². The molecule has 8 heteroatoms. The fourth-order valence-corrected chi connectivity index (χ4v) is 3.66. The summed E-state index contributed by atoms with van der Waals surface area (Å²) in [5, 5.41) is 2.80. The van der Waals surface area contributed by atoms with E-state index in [2.05, 4.69) is 10.2 Å². The minimum absolute atomic E-state index is 0.0434. The molecule has 3 aliphatic rings. The number of ketones is 2. The van der Waals surface area contributed by atoms with Crippen molar-refractivity contribution in [1.29, 1.82) is 0 Å². The zero-order valence-electron chi connectivity index (χ0n) is 16.1. The lowest BCUT2D eigenvalue weighted by atomic mass is 9.82. The number of fused-ring (bicyclic) bond motifs is 1. The number of morpholine rings is 1. The van der Waals surface area contributed by atoms with Gasteiger partial charge in [0.2, 0.25) is 6.29 Å². The third-order valence-electron chi connectivity index (χ3n) is 5.20. The van der Waals surface area contributed by atoms with E-state index in [1.165, 1.54) is 13.2 Å². The summed E-state index contributed by atoms with van der Waals surface area (Å²) in [5.41, 5.74) is 0.899. The van der Waals surface area contributed by atoms with Crippen LogP contribution in [-0.2, 0) is 19.0 Å². The third kappa shape index (κ3) is 3.74. The second-order valence-electron chi connectivity index (χ2n) is 6.94. The molecule has 1 aliphatic carbocycles. The van der Waals surface area contributed by atoms with Crippen molar-refractivity contribution in [2.24, 2.45) is 0 Å². The summed E-state index contributed by atoms with van der Waals surface area (Å²) in [7, 11) is 1.37. The predicted molar refractivity (Wildman–Crippen MR) is 102 cm³/mol. The van der Waals surface area contributed by atoms with Gasteiger partial charge < -0.3 is 19.5 Å². The van der Waals surface area contributed by atoms with Crippen molar-refractivity contribution < 1.29 is 28.6 Å². The van der Waals surface area contributed by atoms with E-state index < -0.39 is 12.2 Å². The van der Waals surface area contributed by atoms with Gasteiger partial charge >= 0.3 is 0 Å². The van der Waals surface area contributed by atoms with Gasteiger partial charge in [0.25, 0.3) is 5.91 Å². The van der Waals surface area contributed by atoms with Gasteiger partial charge in [-0.2, -0.15) is 0 Å². The van der Waals surface area contributed by atoms with Crippen LogP contribution in [0.3, 0.4) is 0 Å². The molecule has 2 aliphatic heterocycles. The molecular weight excluding hydrogens is 376 g/mol. The van der Waals surface area contributed by atoms with Crippen molar-refractivity contribution >= 4 is 17.5 Å². The standard InChI is InChI=1S/C21H22N2O6/c1-27-21-17-15(18(24)13-4-2-3-5-14(13)19(17)25)12-16(29-21)20(26)22-6-7-23-8-10-28-11-9-23/h2-5,12,21H,6-11H2,1H3,(H,22,26). The molecule has 4 rings (SSSR count). The predicted octanol–water partition coefficient (Wildman–Crippen LogP) is 0.697. The van der Waals surface area contributed by atoms with Gasteiger partial charge in [-0.3, -0.25) is 19.3 Å². The lowest BCUT2D eigenvalue weighted by Crippen LogP contribution is -2.42. The first-order valence-corrected chi connectivity index (χ1v) is 9.52. The molecule has 1 atom stereocenters. The van der Waals surface area contributed by atoms with E-state index in [0.717, 1.165) is 13.1 Å². The molecule has 1 fully saturated rings. The second-order valence-corrected chi connectivity index (χ2v) is 6.94. The van der Waals surface area contributed by atoms with Gasteiger partial charge in [0.1, 0.15) is 0 Å². The molecule has 1 amide bonds. The Morgan fingerprint density at radius 1 is 1.17 bits per heavy atom. The Balaban J connectivity index is 1.52. The first kappa shape index (κ1) is 19.5. The van der Waals surface area contributed by atoms with Crippen LogP contribution >= 0.6 is 0 Å². The first-order chi connectivity index (χ1) is 14.1. The van der Waals surface area contributed by atoms with Gasteiger partial charge in [-0.05, 0) is 6.08 Å². The molecule has 1 N–H and O–H groups in total. The van der Waals surface area contributed by atoms with Crippen molar-refractivity contribution in [3.05, 3.63) is 58.4 Å². The number of carbonyl (C=O) groups is 3. The number of ether oxygens (including phenoxy) is 3. The Kier molecular flexibility index (Phi) is 5.57. The molecule has 0 radical (unpaired) electrons. The fraction of sp³-hybridized carbons (Fsp3) is 0.381. The van der Waals surface area contributed by atoms with Crippen LogP contribution in [0.15, 0.2) is 47.2 Å². The number of rotatable bonds is 5. The largest absolute Gasteiger partial charge is 0.455 e. The molecular formula is C21H22N2O6. The molecule has 8 nitrogen and oxygen atoms in total. The fourth-order valence-electron chi connectivity index (χ4n) is 3.66. The number of nitrogens with zero attached hydrogens (tertiary/aromatic N) is 1. The molecule has 1 aromatic rings. The molecule has 0 saturated carbocycles. The van der Waals surface area contributed by atoms with Gasteiger partial charge in [0.15, 0.2) is 17.3 Å². The number of amides is 1. The van der Waals surface area contributed by atoms with Gasteiger partial charge in [-0.15, -0.1) is 0 Å². The summed E-state index contributed by atoms with van der Waals surface area (Å²) in [6, 6.07) is 6.60. The van der Waals surface area contributed by atoms with Crippen molar-refractivity contribution in [2.45, 2.75) is 6.29 Å². The Morgan fingerprint density at radius 2 is 1.86 bits per heavy atom. The average Bonchev–Trinajstić information content (AvgIpc) is 2.77. The number of methoxy groups -OCH3 is 1. The van der Waals surface area contributed by atoms with E-state index in [4.69, 9.17) is 14.2 Å². The molecule has 1 aromatic carbocycles. The van der Waals surface area contributed by atoms with Gasteiger partial charge in [-0.25, -0.2) is 0 Å². The van der Waals surface area contributed by atoms with Crippen LogP contribution in [0.5, 0.6) is 0 Å². The normalized spacial score (nSPS) is 21.8. The molecule has 0 spiro atoms. The van der Waals surface area contributed by atoms with Crippen LogP contribution in [0.1, 0.15) is 20.7 Å². The van der Waals surface area contributed by atoms with E-state index >= 15 is 0 Å². The van der Waals surface area contributed by atoms with E-state index in [0.29, 0.717) is 37.4 Å². The second kappa shape index (κ2) is 8.28. The number of nitrogens with one attached hydrogen (secondary N) is 1. The number of hydrogen-bond donors (Lipinski definition) is 1. The topological polar surface area (TPSA) is 94.2 Å². The number of Topliss-reactive ketones (excluding diaryl/α,β-unsaturated/α-hetero) is 2. The maximum Gasteiger partial charge on any atom is 0.286 e. The Bertz CT molecular complexity index is 914. The Hall–Kier alpha value is -2.81. The van der Waals surface area contributed by atoms with Gasteiger partial charge in [0, 0.05) is 50.0 Å². The van der Waals surface area contributed by atoms with Crippen LogP contribution in [0.25, 0.3) is 0 Å². The highest BCUT2D eigenvalue weighted by Crippen LogP contribution is 2.34.